The van der Waals surface area contributed by atoms with E-state index in [1.165, 1.54) is 28.4 Å². The van der Waals surface area contributed by atoms with Gasteiger partial charge in [0.2, 0.25) is 0 Å². The molecule has 1 N–H and O–H groups in total. The smallest absolute Gasteiger partial charge is 0.125 e. The van der Waals surface area contributed by atoms with Crippen LogP contribution in [0.2, 0.25) is 0 Å². The van der Waals surface area contributed by atoms with Crippen LogP contribution in [0.25, 0.3) is 0 Å². The van der Waals surface area contributed by atoms with Crippen LogP contribution in [0.3, 0.4) is 0 Å². The summed E-state index contributed by atoms with van der Waals surface area (Å²) in [5, 5.41) is 3.49. The highest BCUT2D eigenvalue weighted by molar-refractivity contribution is 9.10. The summed E-state index contributed by atoms with van der Waals surface area (Å²) in [7, 11) is 0. The fraction of sp³-hybridized carbons (Fsp3) is 0.625. The molecule has 0 saturated carbocycles. The van der Waals surface area contributed by atoms with Crippen LogP contribution >= 0.6 is 15.9 Å². The molecule has 1 aromatic carbocycles. The first-order chi connectivity index (χ1) is 9.20. The molecule has 1 aliphatic rings. The van der Waals surface area contributed by atoms with Crippen LogP contribution in [0.1, 0.15) is 37.8 Å². The molecule has 0 saturated heterocycles. The molecule has 2 rings (SSSR count). The van der Waals surface area contributed by atoms with Crippen molar-refractivity contribution in [3.05, 3.63) is 27.7 Å². The number of halogens is 1. The highest BCUT2D eigenvalue weighted by Gasteiger charge is 2.17. The van der Waals surface area contributed by atoms with E-state index in [0.29, 0.717) is 5.92 Å². The van der Waals surface area contributed by atoms with Crippen molar-refractivity contribution in [2.75, 3.05) is 19.7 Å². The van der Waals surface area contributed by atoms with Crippen molar-refractivity contribution in [2.45, 2.75) is 39.5 Å². The average Bonchev–Trinajstić information content (AvgIpc) is 2.84. The van der Waals surface area contributed by atoms with Gasteiger partial charge in [0.1, 0.15) is 5.75 Å². The van der Waals surface area contributed by atoms with E-state index >= 15 is 0 Å². The maximum absolute atomic E-state index is 5.78. The molecule has 0 fully saturated rings. The highest BCUT2D eigenvalue weighted by atomic mass is 79.9. The molecule has 0 aromatic heterocycles. The standard InChI is InChI=1S/C16H24BrNO/c1-3-7-18-11-12(2)4-5-13-9-15(17)10-14-6-8-19-16(13)14/h9-10,12,18H,3-8,11H2,1-2H3. The van der Waals surface area contributed by atoms with Crippen LogP contribution in [0.5, 0.6) is 5.75 Å². The zero-order valence-corrected chi connectivity index (χ0v) is 13.6. The van der Waals surface area contributed by atoms with Gasteiger partial charge in [-0.1, -0.05) is 29.8 Å². The van der Waals surface area contributed by atoms with Crippen LogP contribution < -0.4 is 10.1 Å². The van der Waals surface area contributed by atoms with Crippen LogP contribution in [0, 0.1) is 5.92 Å². The van der Waals surface area contributed by atoms with Crippen molar-refractivity contribution in [2.24, 2.45) is 5.92 Å². The van der Waals surface area contributed by atoms with Crippen molar-refractivity contribution in [3.63, 3.8) is 0 Å². The minimum Gasteiger partial charge on any atom is -0.493 e. The highest BCUT2D eigenvalue weighted by Crippen LogP contribution is 2.34. The summed E-state index contributed by atoms with van der Waals surface area (Å²) in [6.07, 6.45) is 4.58. The summed E-state index contributed by atoms with van der Waals surface area (Å²) in [6.45, 7) is 7.61. The normalized spacial score (nSPS) is 15.1. The van der Waals surface area contributed by atoms with E-state index in [9.17, 15) is 0 Å². The van der Waals surface area contributed by atoms with Gasteiger partial charge in [0.25, 0.3) is 0 Å². The second-order valence-electron chi connectivity index (χ2n) is 5.50. The molecule has 1 aromatic rings. The quantitative estimate of drug-likeness (QED) is 0.766. The van der Waals surface area contributed by atoms with Gasteiger partial charge < -0.3 is 10.1 Å². The fourth-order valence-corrected chi connectivity index (χ4v) is 3.11. The molecule has 2 nitrogen and oxygen atoms in total. The number of fused-ring (bicyclic) bond motifs is 1. The Bertz CT molecular complexity index is 419. The maximum atomic E-state index is 5.78. The molecule has 0 radical (unpaired) electrons. The molecule has 0 aliphatic carbocycles. The predicted octanol–water partition coefficient (Wildman–Crippen LogP) is 3.95. The Morgan fingerprint density at radius 2 is 2.26 bits per heavy atom. The first-order valence-electron chi connectivity index (χ1n) is 7.35. The maximum Gasteiger partial charge on any atom is 0.125 e. The zero-order chi connectivity index (χ0) is 13.7. The van der Waals surface area contributed by atoms with Gasteiger partial charge >= 0.3 is 0 Å². The Morgan fingerprint density at radius 3 is 3.05 bits per heavy atom. The molecule has 1 unspecified atom stereocenters. The van der Waals surface area contributed by atoms with Crippen LogP contribution in [-0.4, -0.2) is 19.7 Å². The first-order valence-corrected chi connectivity index (χ1v) is 8.14. The number of hydrogen-bond donors (Lipinski definition) is 1. The SMILES string of the molecule is CCCNCC(C)CCc1cc(Br)cc2c1OCC2. The Balaban J connectivity index is 1.89. The Hall–Kier alpha value is -0.540. The summed E-state index contributed by atoms with van der Waals surface area (Å²) in [6, 6.07) is 4.41. The summed E-state index contributed by atoms with van der Waals surface area (Å²) in [5.41, 5.74) is 2.73. The second-order valence-corrected chi connectivity index (χ2v) is 6.42. The molecule has 19 heavy (non-hydrogen) atoms. The third kappa shape index (κ3) is 4.22. The van der Waals surface area contributed by atoms with Gasteiger partial charge in [-0.15, -0.1) is 0 Å². The van der Waals surface area contributed by atoms with Crippen molar-refractivity contribution >= 4 is 15.9 Å². The molecular formula is C16H24BrNO. The largest absolute Gasteiger partial charge is 0.493 e. The summed E-state index contributed by atoms with van der Waals surface area (Å²) in [5.74, 6) is 1.86. The lowest BCUT2D eigenvalue weighted by atomic mass is 9.98. The molecular weight excluding hydrogens is 302 g/mol. The topological polar surface area (TPSA) is 21.3 Å². The number of nitrogens with one attached hydrogen (secondary N) is 1. The number of benzene rings is 1. The second kappa shape index (κ2) is 7.30. The van der Waals surface area contributed by atoms with Gasteiger partial charge in [-0.05, 0) is 61.5 Å². The molecule has 3 heteroatoms. The fourth-order valence-electron chi connectivity index (χ4n) is 2.56. The van der Waals surface area contributed by atoms with Gasteiger partial charge in [0.15, 0.2) is 0 Å². The minimum atomic E-state index is 0.711. The third-order valence-electron chi connectivity index (χ3n) is 3.65. The van der Waals surface area contributed by atoms with E-state index in [0.717, 1.165) is 38.3 Å². The van der Waals surface area contributed by atoms with E-state index < -0.39 is 0 Å². The van der Waals surface area contributed by atoms with Crippen molar-refractivity contribution < 1.29 is 4.74 Å². The lowest BCUT2D eigenvalue weighted by molar-refractivity contribution is 0.352. The summed E-state index contributed by atoms with van der Waals surface area (Å²) in [4.78, 5) is 0. The molecule has 1 heterocycles. The predicted molar refractivity (Wildman–Crippen MR) is 84.0 cm³/mol. The van der Waals surface area contributed by atoms with Crippen molar-refractivity contribution in [1.29, 1.82) is 0 Å². The monoisotopic (exact) mass is 325 g/mol. The van der Waals surface area contributed by atoms with E-state index in [1.54, 1.807) is 0 Å². The summed E-state index contributed by atoms with van der Waals surface area (Å²) >= 11 is 3.61. The number of aryl methyl sites for hydroxylation is 1. The number of ether oxygens (including phenoxy) is 1. The van der Waals surface area contributed by atoms with E-state index in [1.807, 2.05) is 0 Å². The molecule has 1 atom stereocenters. The van der Waals surface area contributed by atoms with Gasteiger partial charge in [-0.25, -0.2) is 0 Å². The third-order valence-corrected chi connectivity index (χ3v) is 4.11. The number of hydrogen-bond acceptors (Lipinski definition) is 2. The van der Waals surface area contributed by atoms with E-state index in [-0.39, 0.29) is 0 Å². The number of rotatable bonds is 7. The van der Waals surface area contributed by atoms with Gasteiger partial charge in [0, 0.05) is 10.9 Å². The Kier molecular flexibility index (Phi) is 5.71. The average molecular weight is 326 g/mol. The van der Waals surface area contributed by atoms with Crippen LogP contribution in [0.4, 0.5) is 0 Å². The van der Waals surface area contributed by atoms with E-state index in [4.69, 9.17) is 4.74 Å². The first kappa shape index (κ1) is 14.9. The molecule has 0 spiro atoms. The van der Waals surface area contributed by atoms with Gasteiger partial charge in [-0.3, -0.25) is 0 Å². The molecule has 1 aliphatic heterocycles. The zero-order valence-electron chi connectivity index (χ0n) is 12.0. The Labute approximate surface area is 125 Å². The molecule has 106 valence electrons. The molecule has 0 bridgehead atoms. The molecule has 0 amide bonds. The van der Waals surface area contributed by atoms with Crippen LogP contribution in [0.15, 0.2) is 16.6 Å². The van der Waals surface area contributed by atoms with Crippen molar-refractivity contribution in [3.8, 4) is 5.75 Å². The lowest BCUT2D eigenvalue weighted by Gasteiger charge is -2.14. The Morgan fingerprint density at radius 1 is 1.42 bits per heavy atom. The lowest BCUT2D eigenvalue weighted by Crippen LogP contribution is -2.22. The van der Waals surface area contributed by atoms with Crippen LogP contribution in [-0.2, 0) is 12.8 Å². The van der Waals surface area contributed by atoms with Gasteiger partial charge in [-0.2, -0.15) is 0 Å². The minimum absolute atomic E-state index is 0.711. The van der Waals surface area contributed by atoms with E-state index in [2.05, 4.69) is 47.2 Å². The summed E-state index contributed by atoms with van der Waals surface area (Å²) < 4.78 is 6.96. The van der Waals surface area contributed by atoms with Gasteiger partial charge in [0.05, 0.1) is 6.61 Å². The van der Waals surface area contributed by atoms with Crippen molar-refractivity contribution in [1.82, 2.24) is 5.32 Å².